The van der Waals surface area contributed by atoms with Crippen LogP contribution in [0.1, 0.15) is 26.3 Å². The molecule has 0 radical (unpaired) electrons. The van der Waals surface area contributed by atoms with Crippen molar-refractivity contribution in [1.29, 1.82) is 0 Å². The number of imide groups is 1. The standard InChI is InChI=1S/C15H8BrFN2O4/c1-7-6-10(19(22)23)12(17)11(16)13(7)18-14(20)8-4-2-3-5-9(8)15(18)21/h2-6H,1H3. The van der Waals surface area contributed by atoms with E-state index in [1.54, 1.807) is 12.1 Å². The van der Waals surface area contributed by atoms with Crippen LogP contribution in [0.25, 0.3) is 0 Å². The molecule has 0 N–H and O–H groups in total. The number of halogens is 2. The van der Waals surface area contributed by atoms with Crippen LogP contribution in [0.2, 0.25) is 0 Å². The van der Waals surface area contributed by atoms with Gasteiger partial charge in [-0.25, -0.2) is 4.90 Å². The van der Waals surface area contributed by atoms with Crippen molar-refractivity contribution in [3.8, 4) is 0 Å². The lowest BCUT2D eigenvalue weighted by Gasteiger charge is -2.18. The van der Waals surface area contributed by atoms with Crippen LogP contribution in [0, 0.1) is 22.9 Å². The molecule has 0 atom stereocenters. The van der Waals surface area contributed by atoms with Gasteiger partial charge in [-0.2, -0.15) is 4.39 Å². The van der Waals surface area contributed by atoms with Crippen molar-refractivity contribution in [2.75, 3.05) is 4.90 Å². The van der Waals surface area contributed by atoms with Crippen LogP contribution >= 0.6 is 15.9 Å². The maximum Gasteiger partial charge on any atom is 0.306 e. The molecule has 0 spiro atoms. The van der Waals surface area contributed by atoms with E-state index in [4.69, 9.17) is 0 Å². The maximum absolute atomic E-state index is 14.2. The largest absolute Gasteiger partial charge is 0.306 e. The molecule has 1 aliphatic rings. The molecular weight excluding hydrogens is 371 g/mol. The summed E-state index contributed by atoms with van der Waals surface area (Å²) < 4.78 is 13.9. The second-order valence-electron chi connectivity index (χ2n) is 4.94. The van der Waals surface area contributed by atoms with Gasteiger partial charge < -0.3 is 0 Å². The molecule has 0 aromatic heterocycles. The average Bonchev–Trinajstić information content (AvgIpc) is 2.76. The van der Waals surface area contributed by atoms with E-state index in [1.807, 2.05) is 0 Å². The highest BCUT2D eigenvalue weighted by molar-refractivity contribution is 9.10. The van der Waals surface area contributed by atoms with Crippen molar-refractivity contribution in [2.24, 2.45) is 0 Å². The molecule has 0 bridgehead atoms. The Morgan fingerprint density at radius 2 is 1.70 bits per heavy atom. The predicted octanol–water partition coefficient (Wildman–Crippen LogP) is 3.61. The number of rotatable bonds is 2. The molecule has 1 aliphatic heterocycles. The molecule has 0 unspecified atom stereocenters. The van der Waals surface area contributed by atoms with Gasteiger partial charge in [0.2, 0.25) is 5.82 Å². The van der Waals surface area contributed by atoms with Crippen molar-refractivity contribution >= 4 is 39.1 Å². The Bertz CT molecular complexity index is 862. The summed E-state index contributed by atoms with van der Waals surface area (Å²) in [5.41, 5.74) is -0.0985. The van der Waals surface area contributed by atoms with E-state index in [9.17, 15) is 24.1 Å². The molecule has 2 aromatic rings. The summed E-state index contributed by atoms with van der Waals surface area (Å²) in [7, 11) is 0. The monoisotopic (exact) mass is 378 g/mol. The molecule has 6 nitrogen and oxygen atoms in total. The Kier molecular flexibility index (Phi) is 3.48. The van der Waals surface area contributed by atoms with Crippen LogP contribution in [0.15, 0.2) is 34.8 Å². The number of anilines is 1. The van der Waals surface area contributed by atoms with Gasteiger partial charge in [-0.1, -0.05) is 12.1 Å². The number of carbonyl (C=O) groups is 2. The van der Waals surface area contributed by atoms with E-state index in [0.29, 0.717) is 0 Å². The highest BCUT2D eigenvalue weighted by atomic mass is 79.9. The molecule has 2 amide bonds. The average molecular weight is 379 g/mol. The molecule has 8 heteroatoms. The van der Waals surface area contributed by atoms with Crippen LogP contribution in [0.3, 0.4) is 0 Å². The minimum absolute atomic E-state index is 0.0284. The van der Waals surface area contributed by atoms with Crippen LogP contribution in [-0.2, 0) is 0 Å². The minimum atomic E-state index is -1.13. The van der Waals surface area contributed by atoms with E-state index < -0.39 is 28.2 Å². The normalized spacial score (nSPS) is 13.4. The quantitative estimate of drug-likeness (QED) is 0.454. The van der Waals surface area contributed by atoms with Gasteiger partial charge in [0.15, 0.2) is 0 Å². The summed E-state index contributed by atoms with van der Waals surface area (Å²) >= 11 is 2.93. The van der Waals surface area contributed by atoms with Gasteiger partial charge in [0, 0.05) is 6.07 Å². The fraction of sp³-hybridized carbons (Fsp3) is 0.0667. The van der Waals surface area contributed by atoms with Gasteiger partial charge >= 0.3 is 5.69 Å². The number of benzene rings is 2. The molecular formula is C15H8BrFN2O4. The second kappa shape index (κ2) is 5.24. The van der Waals surface area contributed by atoms with Crippen molar-refractivity contribution < 1.29 is 18.9 Å². The smallest absolute Gasteiger partial charge is 0.268 e. The number of amides is 2. The Morgan fingerprint density at radius 3 is 2.17 bits per heavy atom. The zero-order valence-corrected chi connectivity index (χ0v) is 13.3. The maximum atomic E-state index is 14.2. The van der Waals surface area contributed by atoms with Crippen LogP contribution < -0.4 is 4.90 Å². The lowest BCUT2D eigenvalue weighted by atomic mass is 10.1. The SMILES string of the molecule is Cc1cc([N+](=O)[O-])c(F)c(Br)c1N1C(=O)c2ccccc2C1=O. The summed E-state index contributed by atoms with van der Waals surface area (Å²) in [6.45, 7) is 1.47. The molecule has 0 saturated carbocycles. The fourth-order valence-corrected chi connectivity index (χ4v) is 3.22. The predicted molar refractivity (Wildman–Crippen MR) is 83.1 cm³/mol. The summed E-state index contributed by atoms with van der Waals surface area (Å²) in [5, 5.41) is 10.9. The molecule has 0 saturated heterocycles. The Morgan fingerprint density at radius 1 is 1.17 bits per heavy atom. The Labute approximate surface area is 137 Å². The first-order chi connectivity index (χ1) is 10.8. The van der Waals surface area contributed by atoms with E-state index in [-0.39, 0.29) is 26.9 Å². The molecule has 3 rings (SSSR count). The molecule has 116 valence electrons. The van der Waals surface area contributed by atoms with E-state index >= 15 is 0 Å². The first-order valence-electron chi connectivity index (χ1n) is 6.45. The Hall–Kier alpha value is -2.61. The number of nitro benzene ring substituents is 1. The zero-order valence-electron chi connectivity index (χ0n) is 11.7. The lowest BCUT2D eigenvalue weighted by molar-refractivity contribution is -0.387. The van der Waals surface area contributed by atoms with Crippen molar-refractivity contribution in [2.45, 2.75) is 6.92 Å². The Balaban J connectivity index is 2.22. The second-order valence-corrected chi connectivity index (χ2v) is 5.73. The third kappa shape index (κ3) is 2.14. The molecule has 1 heterocycles. The third-order valence-electron chi connectivity index (χ3n) is 3.57. The number of hydrogen-bond acceptors (Lipinski definition) is 4. The van der Waals surface area contributed by atoms with Crippen LogP contribution in [-0.4, -0.2) is 16.7 Å². The number of aryl methyl sites for hydroxylation is 1. The molecule has 0 fully saturated rings. The van der Waals surface area contributed by atoms with Gasteiger partial charge in [-0.05, 0) is 40.5 Å². The molecule has 0 aliphatic carbocycles. The third-order valence-corrected chi connectivity index (χ3v) is 4.29. The summed E-state index contributed by atoms with van der Waals surface area (Å²) in [6.07, 6.45) is 0. The zero-order chi connectivity index (χ0) is 16.9. The number of carbonyl (C=O) groups excluding carboxylic acids is 2. The first kappa shape index (κ1) is 15.3. The van der Waals surface area contributed by atoms with Crippen molar-refractivity contribution in [3.05, 3.63) is 67.4 Å². The van der Waals surface area contributed by atoms with Gasteiger partial charge in [0.05, 0.1) is 26.2 Å². The van der Waals surface area contributed by atoms with Gasteiger partial charge in [-0.15, -0.1) is 0 Å². The number of nitrogens with zero attached hydrogens (tertiary/aromatic N) is 2. The van der Waals surface area contributed by atoms with Crippen molar-refractivity contribution in [1.82, 2.24) is 0 Å². The number of nitro groups is 1. The number of hydrogen-bond donors (Lipinski definition) is 0. The topological polar surface area (TPSA) is 80.5 Å². The number of fused-ring (bicyclic) bond motifs is 1. The highest BCUT2D eigenvalue weighted by Gasteiger charge is 2.39. The van der Waals surface area contributed by atoms with Crippen LogP contribution in [0.5, 0.6) is 0 Å². The lowest BCUT2D eigenvalue weighted by Crippen LogP contribution is -2.30. The van der Waals surface area contributed by atoms with E-state index in [2.05, 4.69) is 15.9 Å². The van der Waals surface area contributed by atoms with E-state index in [0.717, 1.165) is 11.0 Å². The minimum Gasteiger partial charge on any atom is -0.268 e. The summed E-state index contributed by atoms with van der Waals surface area (Å²) in [6, 6.07) is 7.23. The fourth-order valence-electron chi connectivity index (χ4n) is 2.53. The van der Waals surface area contributed by atoms with Gasteiger partial charge in [0.25, 0.3) is 11.8 Å². The first-order valence-corrected chi connectivity index (χ1v) is 7.24. The van der Waals surface area contributed by atoms with E-state index in [1.165, 1.54) is 19.1 Å². The summed E-state index contributed by atoms with van der Waals surface area (Å²) in [4.78, 5) is 35.8. The summed E-state index contributed by atoms with van der Waals surface area (Å²) in [5.74, 6) is -2.32. The molecule has 2 aromatic carbocycles. The van der Waals surface area contributed by atoms with Gasteiger partial charge in [0.1, 0.15) is 0 Å². The van der Waals surface area contributed by atoms with Crippen molar-refractivity contribution in [3.63, 3.8) is 0 Å². The molecule has 23 heavy (non-hydrogen) atoms. The highest BCUT2D eigenvalue weighted by Crippen LogP contribution is 2.40. The van der Waals surface area contributed by atoms with Gasteiger partial charge in [-0.3, -0.25) is 19.7 Å². The van der Waals surface area contributed by atoms with Crippen LogP contribution in [0.4, 0.5) is 15.8 Å².